The third-order valence-electron chi connectivity index (χ3n) is 1.85. The van der Waals surface area contributed by atoms with E-state index in [0.29, 0.717) is 0 Å². The summed E-state index contributed by atoms with van der Waals surface area (Å²) in [5, 5.41) is 3.84. The van der Waals surface area contributed by atoms with Crippen LogP contribution in [-0.2, 0) is 6.54 Å². The molecule has 0 spiro atoms. The third-order valence-corrected chi connectivity index (χ3v) is 2.09. The summed E-state index contributed by atoms with van der Waals surface area (Å²) in [5.41, 5.74) is 1.11. The van der Waals surface area contributed by atoms with Crippen molar-refractivity contribution in [3.8, 4) is 5.75 Å². The van der Waals surface area contributed by atoms with E-state index in [0.717, 1.165) is 35.9 Å². The Morgan fingerprint density at radius 1 is 1.40 bits per heavy atom. The van der Waals surface area contributed by atoms with E-state index in [4.69, 9.17) is 16.3 Å². The van der Waals surface area contributed by atoms with E-state index in [-0.39, 0.29) is 12.4 Å². The van der Waals surface area contributed by atoms with Crippen molar-refractivity contribution in [1.82, 2.24) is 5.32 Å². The van der Waals surface area contributed by atoms with Crippen LogP contribution in [0.3, 0.4) is 0 Å². The molecule has 0 aliphatic heterocycles. The first-order valence-corrected chi connectivity index (χ1v) is 5.21. The highest BCUT2D eigenvalue weighted by Gasteiger charge is 2.03. The van der Waals surface area contributed by atoms with Gasteiger partial charge in [0.25, 0.3) is 0 Å². The van der Waals surface area contributed by atoms with E-state index in [2.05, 4.69) is 12.2 Å². The molecule has 0 amide bonds. The zero-order chi connectivity index (χ0) is 10.4. The molecule has 0 aromatic heterocycles. The zero-order valence-electron chi connectivity index (χ0n) is 9.05. The molecular weight excluding hydrogens is 233 g/mol. The summed E-state index contributed by atoms with van der Waals surface area (Å²) < 4.78 is 5.60. The summed E-state index contributed by atoms with van der Waals surface area (Å²) in [6, 6.07) is 5.71. The number of rotatable bonds is 5. The van der Waals surface area contributed by atoms with E-state index in [1.165, 1.54) is 0 Å². The van der Waals surface area contributed by atoms with E-state index >= 15 is 0 Å². The maximum Gasteiger partial charge on any atom is 0.123 e. The van der Waals surface area contributed by atoms with Gasteiger partial charge in [-0.2, -0.15) is 0 Å². The van der Waals surface area contributed by atoms with Gasteiger partial charge in [0, 0.05) is 17.1 Å². The zero-order valence-corrected chi connectivity index (χ0v) is 10.6. The van der Waals surface area contributed by atoms with Crippen LogP contribution in [-0.4, -0.2) is 13.7 Å². The molecule has 86 valence electrons. The van der Waals surface area contributed by atoms with Gasteiger partial charge in [-0.3, -0.25) is 0 Å². The lowest BCUT2D eigenvalue weighted by Gasteiger charge is -2.10. The first-order chi connectivity index (χ1) is 6.77. The fourth-order valence-corrected chi connectivity index (χ4v) is 1.42. The maximum absolute atomic E-state index is 5.90. The topological polar surface area (TPSA) is 21.3 Å². The maximum atomic E-state index is 5.90. The molecule has 2 nitrogen and oxygen atoms in total. The van der Waals surface area contributed by atoms with Gasteiger partial charge >= 0.3 is 0 Å². The Morgan fingerprint density at radius 3 is 2.73 bits per heavy atom. The standard InChI is InChI=1S/C11H16ClNO.ClH/c1-3-6-14-11-5-4-10(12)7-9(11)8-13-2;/h4-5,7,13H,3,6,8H2,1-2H3;1H. The van der Waals surface area contributed by atoms with Crippen LogP contribution >= 0.6 is 24.0 Å². The van der Waals surface area contributed by atoms with Crippen molar-refractivity contribution in [2.45, 2.75) is 19.9 Å². The molecule has 0 bridgehead atoms. The fourth-order valence-electron chi connectivity index (χ4n) is 1.23. The second-order valence-electron chi connectivity index (χ2n) is 3.13. The molecular formula is C11H17Cl2NO. The molecule has 0 atom stereocenters. The smallest absolute Gasteiger partial charge is 0.123 e. The quantitative estimate of drug-likeness (QED) is 0.865. The minimum absolute atomic E-state index is 0. The van der Waals surface area contributed by atoms with Gasteiger partial charge in [0.2, 0.25) is 0 Å². The van der Waals surface area contributed by atoms with E-state index in [1.54, 1.807) is 0 Å². The highest BCUT2D eigenvalue weighted by molar-refractivity contribution is 6.30. The molecule has 0 aliphatic carbocycles. The van der Waals surface area contributed by atoms with Crippen molar-refractivity contribution in [2.75, 3.05) is 13.7 Å². The van der Waals surface area contributed by atoms with Gasteiger partial charge in [0.15, 0.2) is 0 Å². The summed E-state index contributed by atoms with van der Waals surface area (Å²) >= 11 is 5.90. The Kier molecular flexibility index (Phi) is 7.57. The first kappa shape index (κ1) is 14.6. The Balaban J connectivity index is 0.00000196. The molecule has 1 aromatic rings. The van der Waals surface area contributed by atoms with Crippen LogP contribution in [0.15, 0.2) is 18.2 Å². The van der Waals surface area contributed by atoms with Crippen molar-refractivity contribution in [2.24, 2.45) is 0 Å². The molecule has 0 saturated carbocycles. The molecule has 0 unspecified atom stereocenters. The summed E-state index contributed by atoms with van der Waals surface area (Å²) in [7, 11) is 1.91. The van der Waals surface area contributed by atoms with E-state index in [1.807, 2.05) is 25.2 Å². The van der Waals surface area contributed by atoms with Gasteiger partial charge < -0.3 is 10.1 Å². The predicted octanol–water partition coefficient (Wildman–Crippen LogP) is 3.27. The minimum atomic E-state index is 0. The highest BCUT2D eigenvalue weighted by Crippen LogP contribution is 2.22. The largest absolute Gasteiger partial charge is 0.493 e. The molecule has 0 radical (unpaired) electrons. The molecule has 0 aliphatic rings. The molecule has 1 N–H and O–H groups in total. The number of nitrogens with one attached hydrogen (secondary N) is 1. The second-order valence-corrected chi connectivity index (χ2v) is 3.57. The Bertz CT molecular complexity index is 292. The fraction of sp³-hybridized carbons (Fsp3) is 0.455. The lowest BCUT2D eigenvalue weighted by Crippen LogP contribution is -2.07. The normalized spacial score (nSPS) is 9.53. The van der Waals surface area contributed by atoms with Gasteiger partial charge in [-0.05, 0) is 31.7 Å². The predicted molar refractivity (Wildman–Crippen MR) is 67.2 cm³/mol. The molecule has 15 heavy (non-hydrogen) atoms. The average molecular weight is 250 g/mol. The highest BCUT2D eigenvalue weighted by atomic mass is 35.5. The molecule has 1 rings (SSSR count). The van der Waals surface area contributed by atoms with Gasteiger partial charge in [-0.25, -0.2) is 0 Å². The summed E-state index contributed by atoms with van der Waals surface area (Å²) in [4.78, 5) is 0. The van der Waals surface area contributed by atoms with E-state index in [9.17, 15) is 0 Å². The minimum Gasteiger partial charge on any atom is -0.493 e. The van der Waals surface area contributed by atoms with Crippen molar-refractivity contribution in [3.63, 3.8) is 0 Å². The van der Waals surface area contributed by atoms with Crippen LogP contribution in [0.2, 0.25) is 5.02 Å². The van der Waals surface area contributed by atoms with Crippen LogP contribution < -0.4 is 10.1 Å². The van der Waals surface area contributed by atoms with Crippen molar-refractivity contribution < 1.29 is 4.74 Å². The first-order valence-electron chi connectivity index (χ1n) is 4.83. The number of halogens is 2. The average Bonchev–Trinajstić information content (AvgIpc) is 2.17. The SMILES string of the molecule is CCCOc1ccc(Cl)cc1CNC.Cl. The van der Waals surface area contributed by atoms with Crippen LogP contribution in [0.1, 0.15) is 18.9 Å². The number of hydrogen-bond donors (Lipinski definition) is 1. The summed E-state index contributed by atoms with van der Waals surface area (Å²) in [5.74, 6) is 0.922. The summed E-state index contributed by atoms with van der Waals surface area (Å²) in [6.45, 7) is 3.62. The van der Waals surface area contributed by atoms with Crippen LogP contribution in [0.5, 0.6) is 5.75 Å². The lowest BCUT2D eigenvalue weighted by atomic mass is 10.2. The van der Waals surface area contributed by atoms with Crippen LogP contribution in [0.4, 0.5) is 0 Å². The van der Waals surface area contributed by atoms with Gasteiger partial charge in [-0.1, -0.05) is 18.5 Å². The van der Waals surface area contributed by atoms with Gasteiger partial charge in [0.05, 0.1) is 6.61 Å². The van der Waals surface area contributed by atoms with Crippen molar-refractivity contribution >= 4 is 24.0 Å². The number of benzene rings is 1. The molecule has 0 saturated heterocycles. The van der Waals surface area contributed by atoms with Crippen LogP contribution in [0.25, 0.3) is 0 Å². The molecule has 4 heteroatoms. The van der Waals surface area contributed by atoms with E-state index < -0.39 is 0 Å². The number of ether oxygens (including phenoxy) is 1. The van der Waals surface area contributed by atoms with Crippen LogP contribution in [0, 0.1) is 0 Å². The van der Waals surface area contributed by atoms with Gasteiger partial charge in [-0.15, -0.1) is 12.4 Å². The second kappa shape index (κ2) is 7.80. The van der Waals surface area contributed by atoms with Gasteiger partial charge in [0.1, 0.15) is 5.75 Å². The monoisotopic (exact) mass is 249 g/mol. The van der Waals surface area contributed by atoms with Crippen molar-refractivity contribution in [1.29, 1.82) is 0 Å². The molecule has 0 fully saturated rings. The Morgan fingerprint density at radius 2 is 2.13 bits per heavy atom. The van der Waals surface area contributed by atoms with Crippen molar-refractivity contribution in [3.05, 3.63) is 28.8 Å². The third kappa shape index (κ3) is 4.74. The molecule has 1 aromatic carbocycles. The summed E-state index contributed by atoms with van der Waals surface area (Å²) in [6.07, 6.45) is 1.02. The Hall–Kier alpha value is -0.440. The number of hydrogen-bond acceptors (Lipinski definition) is 2. The lowest BCUT2D eigenvalue weighted by molar-refractivity contribution is 0.313. The Labute approximate surface area is 102 Å². The molecule has 0 heterocycles.